The van der Waals surface area contributed by atoms with E-state index in [1.807, 2.05) is 3.28 Å². The van der Waals surface area contributed by atoms with Crippen molar-refractivity contribution in [1.29, 1.82) is 0 Å². The van der Waals surface area contributed by atoms with E-state index in [1.54, 1.807) is 25.1 Å². The Labute approximate surface area is 232 Å². The first-order chi connectivity index (χ1) is 15.8. The molecular formula is C31H34Cl2SiZr. The molecule has 1 atom stereocenters. The van der Waals surface area contributed by atoms with Gasteiger partial charge in [-0.25, -0.2) is 0 Å². The first kappa shape index (κ1) is 28.3. The zero-order valence-electron chi connectivity index (χ0n) is 21.5. The molecule has 0 saturated heterocycles. The molecule has 2 aliphatic carbocycles. The predicted octanol–water partition coefficient (Wildman–Crippen LogP) is 2.35. The fourth-order valence-corrected chi connectivity index (χ4v) is 17.9. The Hall–Kier alpha value is -1.31. The van der Waals surface area contributed by atoms with Crippen LogP contribution >= 0.6 is 0 Å². The Bertz CT molecular complexity index is 1280. The van der Waals surface area contributed by atoms with Crippen molar-refractivity contribution in [2.45, 2.75) is 44.0 Å². The van der Waals surface area contributed by atoms with Crippen molar-refractivity contribution in [3.8, 4) is 11.1 Å². The topological polar surface area (TPSA) is 0 Å². The van der Waals surface area contributed by atoms with E-state index in [9.17, 15) is 0 Å². The van der Waals surface area contributed by atoms with Crippen molar-refractivity contribution < 1.29 is 46.1 Å². The first-order valence-electron chi connectivity index (χ1n) is 12.2. The summed E-state index contributed by atoms with van der Waals surface area (Å²) in [5, 5.41) is 1.70. The SMILES string of the molecule is CC1=[C](/[Zr+2](=[C](\C)c2ccccc2)[CH]2c3ccccc3-c3ccccc32)C(C)C=C1[Si](C)(C)C.[Cl-].[Cl-]. The van der Waals surface area contributed by atoms with Crippen LogP contribution in [0.15, 0.2) is 99.0 Å². The molecule has 0 amide bonds. The number of rotatable bonds is 4. The van der Waals surface area contributed by atoms with Crippen LogP contribution in [0.3, 0.4) is 0 Å². The molecular weight excluding hydrogens is 563 g/mol. The van der Waals surface area contributed by atoms with E-state index in [4.69, 9.17) is 0 Å². The minimum atomic E-state index is -2.40. The maximum Gasteiger partial charge on any atom is -1.00 e. The van der Waals surface area contributed by atoms with Gasteiger partial charge in [-0.1, -0.05) is 0 Å². The number of halogens is 2. The van der Waals surface area contributed by atoms with E-state index in [2.05, 4.69) is 125 Å². The molecule has 0 heterocycles. The summed E-state index contributed by atoms with van der Waals surface area (Å²) in [6.45, 7) is 14.9. The Kier molecular flexibility index (Phi) is 8.86. The molecule has 0 aromatic heterocycles. The largest absolute Gasteiger partial charge is 1.00 e. The maximum atomic E-state index is 2.64. The molecule has 0 nitrogen and oxygen atoms in total. The molecule has 0 fully saturated rings. The third kappa shape index (κ3) is 4.97. The van der Waals surface area contributed by atoms with Gasteiger partial charge in [-0.3, -0.25) is 0 Å². The molecule has 0 spiro atoms. The fraction of sp³-hybridized carbons (Fsp3) is 0.258. The van der Waals surface area contributed by atoms with Gasteiger partial charge in [0.15, 0.2) is 0 Å². The van der Waals surface area contributed by atoms with Crippen molar-refractivity contribution >= 4 is 11.3 Å². The van der Waals surface area contributed by atoms with E-state index >= 15 is 0 Å². The molecule has 0 bridgehead atoms. The summed E-state index contributed by atoms with van der Waals surface area (Å²) in [7, 11) is -1.39. The van der Waals surface area contributed by atoms with Crippen molar-refractivity contribution in [1.82, 2.24) is 0 Å². The Morgan fingerprint density at radius 2 is 1.23 bits per heavy atom. The monoisotopic (exact) mass is 594 g/mol. The van der Waals surface area contributed by atoms with Crippen molar-refractivity contribution in [3.05, 3.63) is 116 Å². The zero-order valence-corrected chi connectivity index (χ0v) is 26.5. The Balaban J connectivity index is 0.00000171. The summed E-state index contributed by atoms with van der Waals surface area (Å²) in [6.07, 6.45) is 2.64. The van der Waals surface area contributed by atoms with Gasteiger partial charge in [0.1, 0.15) is 0 Å². The van der Waals surface area contributed by atoms with Gasteiger partial charge in [-0.15, -0.1) is 0 Å². The molecule has 0 aliphatic heterocycles. The van der Waals surface area contributed by atoms with Gasteiger partial charge in [0, 0.05) is 0 Å². The third-order valence-corrected chi connectivity index (χ3v) is 18.8. The van der Waals surface area contributed by atoms with Crippen LogP contribution in [0.5, 0.6) is 0 Å². The Morgan fingerprint density at radius 1 is 0.743 bits per heavy atom. The average molecular weight is 597 g/mol. The number of fused-ring (bicyclic) bond motifs is 3. The molecule has 2 aliphatic rings. The molecule has 5 rings (SSSR count). The average Bonchev–Trinajstić information content (AvgIpc) is 3.30. The van der Waals surface area contributed by atoms with Gasteiger partial charge >= 0.3 is 209 Å². The van der Waals surface area contributed by atoms with Crippen LogP contribution < -0.4 is 24.8 Å². The molecule has 3 aromatic carbocycles. The van der Waals surface area contributed by atoms with E-state index in [1.165, 1.54) is 16.7 Å². The summed E-state index contributed by atoms with van der Waals surface area (Å²) < 4.78 is 4.05. The molecule has 1 unspecified atom stereocenters. The molecule has 4 heteroatoms. The zero-order chi connectivity index (χ0) is 23.3. The summed E-state index contributed by atoms with van der Waals surface area (Å²) in [5.41, 5.74) is 9.14. The number of hydrogen-bond donors (Lipinski definition) is 0. The second-order valence-electron chi connectivity index (χ2n) is 10.7. The summed E-state index contributed by atoms with van der Waals surface area (Å²) in [6, 6.07) is 29.7. The molecule has 3 aromatic rings. The minimum Gasteiger partial charge on any atom is -1.00 e. The quantitative estimate of drug-likeness (QED) is 0.406. The number of hydrogen-bond acceptors (Lipinski definition) is 0. The van der Waals surface area contributed by atoms with Gasteiger partial charge in [0.2, 0.25) is 0 Å². The van der Waals surface area contributed by atoms with Crippen LogP contribution in [0.1, 0.15) is 41.1 Å². The molecule has 35 heavy (non-hydrogen) atoms. The van der Waals surface area contributed by atoms with Crippen LogP contribution in [0, 0.1) is 5.92 Å². The van der Waals surface area contributed by atoms with Crippen LogP contribution in [0.4, 0.5) is 0 Å². The minimum absolute atomic E-state index is 0. The number of allylic oxidation sites excluding steroid dienone is 4. The molecule has 0 radical (unpaired) electrons. The molecule has 0 N–H and O–H groups in total. The molecule has 180 valence electrons. The normalized spacial score (nSPS) is 17.1. The fourth-order valence-electron chi connectivity index (χ4n) is 6.09. The smallest absolute Gasteiger partial charge is 1.00 e. The Morgan fingerprint density at radius 3 is 1.71 bits per heavy atom. The summed E-state index contributed by atoms with van der Waals surface area (Å²) >= 11 is -2.40. The van der Waals surface area contributed by atoms with Gasteiger partial charge < -0.3 is 24.8 Å². The van der Waals surface area contributed by atoms with Crippen molar-refractivity contribution in [2.24, 2.45) is 5.92 Å². The van der Waals surface area contributed by atoms with Gasteiger partial charge in [-0.2, -0.15) is 0 Å². The standard InChI is InChI=1S/C13H9.C10H17Si.C8H8.2ClH.Zr/c1-3-7-12-10(5-1)9-11-6-2-4-8-13(11)12;1-8-6-9(2)10(7-8)11(3,4)5;1-2-8-6-4-3-5-7-8;;;/h1-9H;7-8H,1-5H3;3-7H,1H3;2*1H;/q;;;;;+2/p-2. The third-order valence-electron chi connectivity index (χ3n) is 7.51. The van der Waals surface area contributed by atoms with Crippen LogP contribution in [0.2, 0.25) is 19.6 Å². The van der Waals surface area contributed by atoms with E-state index in [0.29, 0.717) is 9.54 Å². The second-order valence-corrected chi connectivity index (χ2v) is 22.3. The van der Waals surface area contributed by atoms with Crippen LogP contribution in [0.25, 0.3) is 11.1 Å². The summed E-state index contributed by atoms with van der Waals surface area (Å²) in [5.74, 6) is 0.555. The van der Waals surface area contributed by atoms with Crippen molar-refractivity contribution in [2.75, 3.05) is 0 Å². The maximum absolute atomic E-state index is 2.64. The van der Waals surface area contributed by atoms with E-state index < -0.39 is 29.3 Å². The van der Waals surface area contributed by atoms with Gasteiger partial charge in [0.25, 0.3) is 0 Å². The van der Waals surface area contributed by atoms with Crippen LogP contribution in [-0.4, -0.2) is 11.3 Å². The summed E-state index contributed by atoms with van der Waals surface area (Å²) in [4.78, 5) is 0. The van der Waals surface area contributed by atoms with E-state index in [0.717, 1.165) is 0 Å². The molecule has 0 saturated carbocycles. The van der Waals surface area contributed by atoms with Crippen LogP contribution in [-0.2, 0) is 21.3 Å². The number of benzene rings is 3. The second kappa shape index (κ2) is 11.0. The predicted molar refractivity (Wildman–Crippen MR) is 143 cm³/mol. The first-order valence-corrected chi connectivity index (χ1v) is 19.5. The van der Waals surface area contributed by atoms with Gasteiger partial charge in [-0.05, 0) is 0 Å². The van der Waals surface area contributed by atoms with E-state index in [-0.39, 0.29) is 24.8 Å². The van der Waals surface area contributed by atoms with Crippen molar-refractivity contribution in [3.63, 3.8) is 0 Å². The van der Waals surface area contributed by atoms with Gasteiger partial charge in [0.05, 0.1) is 0 Å².